The Hall–Kier alpha value is -1.55. The molecule has 0 aliphatic carbocycles. The monoisotopic (exact) mass is 232 g/mol. The van der Waals surface area contributed by atoms with E-state index in [0.29, 0.717) is 6.54 Å². The Morgan fingerprint density at radius 3 is 2.94 bits per heavy atom. The largest absolute Gasteiger partial charge is 0.488 e. The SMILES string of the molecule is NC1CCN(CC2Cc3ccccc3O2)C1=O. The Kier molecular flexibility index (Phi) is 2.52. The summed E-state index contributed by atoms with van der Waals surface area (Å²) in [4.78, 5) is 13.5. The molecule has 2 aliphatic heterocycles. The molecule has 0 bridgehead atoms. The van der Waals surface area contributed by atoms with Crippen LogP contribution in [-0.4, -0.2) is 36.0 Å². The summed E-state index contributed by atoms with van der Waals surface area (Å²) in [5.74, 6) is 1.01. The van der Waals surface area contributed by atoms with Crippen molar-refractivity contribution in [2.45, 2.75) is 25.0 Å². The number of rotatable bonds is 2. The summed E-state index contributed by atoms with van der Waals surface area (Å²) in [7, 11) is 0. The van der Waals surface area contributed by atoms with Crippen LogP contribution in [0.2, 0.25) is 0 Å². The van der Waals surface area contributed by atoms with E-state index in [2.05, 4.69) is 6.07 Å². The van der Waals surface area contributed by atoms with Crippen molar-refractivity contribution in [1.82, 2.24) is 4.90 Å². The number of hydrogen-bond acceptors (Lipinski definition) is 3. The molecule has 2 heterocycles. The number of carbonyl (C=O) groups excluding carboxylic acids is 1. The Balaban J connectivity index is 1.64. The topological polar surface area (TPSA) is 55.6 Å². The van der Waals surface area contributed by atoms with Crippen LogP contribution in [0.15, 0.2) is 24.3 Å². The van der Waals surface area contributed by atoms with Gasteiger partial charge in [0.05, 0.1) is 12.6 Å². The zero-order chi connectivity index (χ0) is 11.8. The molecule has 0 aromatic heterocycles. The number of para-hydroxylation sites is 1. The highest BCUT2D eigenvalue weighted by molar-refractivity contribution is 5.83. The summed E-state index contributed by atoms with van der Waals surface area (Å²) in [5, 5.41) is 0. The van der Waals surface area contributed by atoms with Gasteiger partial charge in [-0.2, -0.15) is 0 Å². The molecule has 2 atom stereocenters. The van der Waals surface area contributed by atoms with Crippen molar-refractivity contribution in [2.24, 2.45) is 5.73 Å². The van der Waals surface area contributed by atoms with Crippen LogP contribution in [0.1, 0.15) is 12.0 Å². The van der Waals surface area contributed by atoms with Gasteiger partial charge in [0.15, 0.2) is 0 Å². The van der Waals surface area contributed by atoms with Crippen LogP contribution in [0, 0.1) is 0 Å². The fraction of sp³-hybridized carbons (Fsp3) is 0.462. The smallest absolute Gasteiger partial charge is 0.239 e. The molecular weight excluding hydrogens is 216 g/mol. The highest BCUT2D eigenvalue weighted by atomic mass is 16.5. The molecule has 0 radical (unpaired) electrons. The van der Waals surface area contributed by atoms with Crippen LogP contribution < -0.4 is 10.5 Å². The average molecular weight is 232 g/mol. The quantitative estimate of drug-likeness (QED) is 0.810. The Morgan fingerprint density at radius 2 is 2.24 bits per heavy atom. The van der Waals surface area contributed by atoms with Crippen LogP contribution in [0.3, 0.4) is 0 Å². The minimum absolute atomic E-state index is 0.0598. The van der Waals surface area contributed by atoms with E-state index in [9.17, 15) is 4.79 Å². The number of likely N-dealkylation sites (tertiary alicyclic amines) is 1. The predicted molar refractivity (Wildman–Crippen MR) is 63.7 cm³/mol. The van der Waals surface area contributed by atoms with Gasteiger partial charge in [-0.25, -0.2) is 0 Å². The van der Waals surface area contributed by atoms with E-state index >= 15 is 0 Å². The lowest BCUT2D eigenvalue weighted by Crippen LogP contribution is -2.39. The maximum Gasteiger partial charge on any atom is 0.239 e. The van der Waals surface area contributed by atoms with Gasteiger partial charge < -0.3 is 15.4 Å². The van der Waals surface area contributed by atoms with E-state index in [1.54, 1.807) is 0 Å². The van der Waals surface area contributed by atoms with E-state index in [0.717, 1.165) is 25.1 Å². The molecule has 4 heteroatoms. The lowest BCUT2D eigenvalue weighted by Gasteiger charge is -2.20. The van der Waals surface area contributed by atoms with Crippen molar-refractivity contribution in [3.63, 3.8) is 0 Å². The Morgan fingerprint density at radius 1 is 1.41 bits per heavy atom. The molecule has 2 aliphatic rings. The number of hydrogen-bond donors (Lipinski definition) is 1. The molecule has 1 amide bonds. The summed E-state index contributed by atoms with van der Waals surface area (Å²) in [6, 6.07) is 7.73. The van der Waals surface area contributed by atoms with Gasteiger partial charge in [-0.15, -0.1) is 0 Å². The molecule has 2 unspecified atom stereocenters. The number of benzene rings is 1. The van der Waals surface area contributed by atoms with E-state index in [1.807, 2.05) is 23.1 Å². The third-order valence-corrected chi connectivity index (χ3v) is 3.48. The van der Waals surface area contributed by atoms with E-state index < -0.39 is 0 Å². The van der Waals surface area contributed by atoms with Crippen LogP contribution in [0.4, 0.5) is 0 Å². The molecule has 4 nitrogen and oxygen atoms in total. The average Bonchev–Trinajstić information content (AvgIpc) is 2.87. The first-order valence-corrected chi connectivity index (χ1v) is 6.03. The van der Waals surface area contributed by atoms with Gasteiger partial charge in [0.25, 0.3) is 0 Å². The van der Waals surface area contributed by atoms with Crippen molar-refractivity contribution in [2.75, 3.05) is 13.1 Å². The van der Waals surface area contributed by atoms with Crippen LogP contribution in [0.25, 0.3) is 0 Å². The fourth-order valence-electron chi connectivity index (χ4n) is 2.55. The first-order chi connectivity index (χ1) is 8.24. The van der Waals surface area contributed by atoms with Crippen molar-refractivity contribution in [3.8, 4) is 5.75 Å². The van der Waals surface area contributed by atoms with Crippen molar-refractivity contribution >= 4 is 5.91 Å². The van der Waals surface area contributed by atoms with Crippen molar-refractivity contribution in [1.29, 1.82) is 0 Å². The van der Waals surface area contributed by atoms with Crippen LogP contribution in [0.5, 0.6) is 5.75 Å². The molecule has 0 saturated carbocycles. The van der Waals surface area contributed by atoms with Gasteiger partial charge in [0, 0.05) is 13.0 Å². The molecule has 3 rings (SSSR count). The molecule has 1 aromatic rings. The van der Waals surface area contributed by atoms with Gasteiger partial charge >= 0.3 is 0 Å². The molecule has 1 saturated heterocycles. The highest BCUT2D eigenvalue weighted by Crippen LogP contribution is 2.28. The number of ether oxygens (including phenoxy) is 1. The second kappa shape index (κ2) is 4.04. The minimum Gasteiger partial charge on any atom is -0.488 e. The zero-order valence-electron chi connectivity index (χ0n) is 9.63. The maximum absolute atomic E-state index is 11.7. The molecule has 1 aromatic carbocycles. The van der Waals surface area contributed by atoms with Gasteiger partial charge in [-0.05, 0) is 18.1 Å². The minimum atomic E-state index is -0.307. The first-order valence-electron chi connectivity index (χ1n) is 6.03. The lowest BCUT2D eigenvalue weighted by atomic mass is 10.1. The van der Waals surface area contributed by atoms with Gasteiger partial charge in [-0.3, -0.25) is 4.79 Å². The van der Waals surface area contributed by atoms with Crippen molar-refractivity contribution in [3.05, 3.63) is 29.8 Å². The normalized spacial score (nSPS) is 27.1. The van der Waals surface area contributed by atoms with Gasteiger partial charge in [0.1, 0.15) is 11.9 Å². The third kappa shape index (κ3) is 1.89. The Bertz CT molecular complexity index is 422. The molecule has 17 heavy (non-hydrogen) atoms. The fourth-order valence-corrected chi connectivity index (χ4v) is 2.55. The lowest BCUT2D eigenvalue weighted by molar-refractivity contribution is -0.129. The summed E-state index contributed by atoms with van der Waals surface area (Å²) < 4.78 is 5.82. The van der Waals surface area contributed by atoms with E-state index in [4.69, 9.17) is 10.5 Å². The van der Waals surface area contributed by atoms with Crippen molar-refractivity contribution < 1.29 is 9.53 Å². The second-order valence-corrected chi connectivity index (χ2v) is 4.73. The number of carbonyl (C=O) groups is 1. The summed E-state index contributed by atoms with van der Waals surface area (Å²) in [6.07, 6.45) is 1.73. The molecule has 0 spiro atoms. The van der Waals surface area contributed by atoms with Crippen LogP contribution >= 0.6 is 0 Å². The number of nitrogens with zero attached hydrogens (tertiary/aromatic N) is 1. The summed E-state index contributed by atoms with van der Waals surface area (Å²) in [6.45, 7) is 1.41. The maximum atomic E-state index is 11.7. The summed E-state index contributed by atoms with van der Waals surface area (Å²) >= 11 is 0. The first kappa shape index (κ1) is 10.6. The standard InChI is InChI=1S/C13H16N2O2/c14-11-5-6-15(13(11)16)8-10-7-9-3-1-2-4-12(9)17-10/h1-4,10-11H,5-8,14H2. The zero-order valence-corrected chi connectivity index (χ0v) is 9.63. The third-order valence-electron chi connectivity index (χ3n) is 3.48. The van der Waals surface area contributed by atoms with E-state index in [1.165, 1.54) is 5.56 Å². The highest BCUT2D eigenvalue weighted by Gasteiger charge is 2.32. The molecular formula is C13H16N2O2. The number of fused-ring (bicyclic) bond motifs is 1. The summed E-state index contributed by atoms with van der Waals surface area (Å²) in [5.41, 5.74) is 6.93. The molecule has 2 N–H and O–H groups in total. The Labute approximate surface area is 100 Å². The van der Waals surface area contributed by atoms with E-state index in [-0.39, 0.29) is 18.1 Å². The number of amides is 1. The number of nitrogens with two attached hydrogens (primary N) is 1. The second-order valence-electron chi connectivity index (χ2n) is 4.73. The van der Waals surface area contributed by atoms with Gasteiger partial charge in [-0.1, -0.05) is 18.2 Å². The van der Waals surface area contributed by atoms with Crippen LogP contribution in [-0.2, 0) is 11.2 Å². The molecule has 90 valence electrons. The van der Waals surface area contributed by atoms with Gasteiger partial charge in [0.2, 0.25) is 5.91 Å². The molecule has 1 fully saturated rings. The predicted octanol–water partition coefficient (Wildman–Crippen LogP) is 0.550.